The van der Waals surface area contributed by atoms with Crippen molar-refractivity contribution in [3.8, 4) is 0 Å². The zero-order valence-electron chi connectivity index (χ0n) is 6.04. The minimum absolute atomic E-state index is 0. The maximum atomic E-state index is 8.75. The molecule has 0 aromatic carbocycles. The van der Waals surface area contributed by atoms with Gasteiger partial charge in [-0.2, -0.15) is 0 Å². The van der Waals surface area contributed by atoms with Crippen LogP contribution in [0.25, 0.3) is 0 Å². The van der Waals surface area contributed by atoms with Crippen LogP contribution in [0.1, 0.15) is 0 Å². The van der Waals surface area contributed by atoms with Crippen molar-refractivity contribution in [1.29, 1.82) is 0 Å². The Kier molecular flexibility index (Phi) is 4.99. The van der Waals surface area contributed by atoms with Crippen LogP contribution >= 0.6 is 12.4 Å². The minimum Gasteiger partial charge on any atom is -0.396 e. The summed E-state index contributed by atoms with van der Waals surface area (Å²) in [5.41, 5.74) is 0. The van der Waals surface area contributed by atoms with Crippen LogP contribution in [0.15, 0.2) is 0 Å². The lowest BCUT2D eigenvalue weighted by Crippen LogP contribution is -2.23. The largest absolute Gasteiger partial charge is 0.396 e. The Morgan fingerprint density at radius 1 is 1.60 bits per heavy atom. The summed E-state index contributed by atoms with van der Waals surface area (Å²) in [4.78, 5) is 0. The van der Waals surface area contributed by atoms with E-state index in [9.17, 15) is 0 Å². The van der Waals surface area contributed by atoms with Crippen LogP contribution < -0.4 is 5.32 Å². The third-order valence-electron chi connectivity index (χ3n) is 1.82. The molecule has 1 heterocycles. The number of methoxy groups -OCH3 is 1. The number of nitrogens with one attached hydrogen (secondary N) is 1. The molecule has 10 heavy (non-hydrogen) atoms. The Labute approximate surface area is 67.2 Å². The second-order valence-electron chi connectivity index (χ2n) is 2.38. The van der Waals surface area contributed by atoms with Gasteiger partial charge < -0.3 is 15.2 Å². The average Bonchev–Trinajstić information content (AvgIpc) is 2.33. The number of aliphatic hydroxyl groups is 1. The molecule has 1 aliphatic heterocycles. The molecule has 0 aromatic rings. The third kappa shape index (κ3) is 2.09. The lowest BCUT2D eigenvalue weighted by molar-refractivity contribution is 0.0576. The molecule has 0 bridgehead atoms. The molecule has 2 atom stereocenters. The van der Waals surface area contributed by atoms with Crippen LogP contribution in [0.2, 0.25) is 0 Å². The summed E-state index contributed by atoms with van der Waals surface area (Å²) in [5, 5.41) is 11.9. The van der Waals surface area contributed by atoms with Gasteiger partial charge in [-0.3, -0.25) is 0 Å². The maximum Gasteiger partial charge on any atom is 0.0757 e. The van der Waals surface area contributed by atoms with E-state index in [-0.39, 0.29) is 25.1 Å². The van der Waals surface area contributed by atoms with Crippen LogP contribution in [0, 0.1) is 5.92 Å². The van der Waals surface area contributed by atoms with E-state index in [1.165, 1.54) is 0 Å². The summed E-state index contributed by atoms with van der Waals surface area (Å²) in [6.07, 6.45) is 0.218. The summed E-state index contributed by atoms with van der Waals surface area (Å²) in [5.74, 6) is 0.301. The first-order valence-electron chi connectivity index (χ1n) is 3.23. The van der Waals surface area contributed by atoms with Gasteiger partial charge in [0.15, 0.2) is 0 Å². The molecule has 4 heteroatoms. The number of rotatable bonds is 2. The molecule has 0 saturated carbocycles. The van der Waals surface area contributed by atoms with Gasteiger partial charge >= 0.3 is 0 Å². The van der Waals surface area contributed by atoms with E-state index < -0.39 is 0 Å². The average molecular weight is 168 g/mol. The van der Waals surface area contributed by atoms with Crippen molar-refractivity contribution in [2.24, 2.45) is 5.92 Å². The summed E-state index contributed by atoms with van der Waals surface area (Å²) in [6, 6.07) is 0. The summed E-state index contributed by atoms with van der Waals surface area (Å²) in [6.45, 7) is 1.99. The highest BCUT2D eigenvalue weighted by Crippen LogP contribution is 2.09. The van der Waals surface area contributed by atoms with Crippen molar-refractivity contribution in [3.05, 3.63) is 0 Å². The van der Waals surface area contributed by atoms with Crippen molar-refractivity contribution in [2.45, 2.75) is 6.10 Å². The minimum atomic E-state index is 0. The molecule has 2 N–H and O–H groups in total. The zero-order valence-corrected chi connectivity index (χ0v) is 6.86. The van der Waals surface area contributed by atoms with Crippen molar-refractivity contribution in [3.63, 3.8) is 0 Å². The van der Waals surface area contributed by atoms with Gasteiger partial charge in [-0.15, -0.1) is 12.4 Å². The molecule has 0 unspecified atom stereocenters. The van der Waals surface area contributed by atoms with E-state index in [1.807, 2.05) is 0 Å². The van der Waals surface area contributed by atoms with Gasteiger partial charge in [0, 0.05) is 32.7 Å². The molecule has 62 valence electrons. The number of halogens is 1. The zero-order chi connectivity index (χ0) is 6.69. The highest BCUT2D eigenvalue weighted by Gasteiger charge is 2.25. The Balaban J connectivity index is 0.000000810. The van der Waals surface area contributed by atoms with E-state index >= 15 is 0 Å². The summed E-state index contributed by atoms with van der Waals surface area (Å²) in [7, 11) is 1.68. The van der Waals surface area contributed by atoms with Gasteiger partial charge in [-0.1, -0.05) is 0 Å². The fraction of sp³-hybridized carbons (Fsp3) is 1.00. The van der Waals surface area contributed by atoms with E-state index in [2.05, 4.69) is 5.32 Å². The lowest BCUT2D eigenvalue weighted by atomic mass is 10.1. The maximum absolute atomic E-state index is 8.75. The Morgan fingerprint density at radius 2 is 2.30 bits per heavy atom. The smallest absolute Gasteiger partial charge is 0.0757 e. The molecule has 0 spiro atoms. The fourth-order valence-corrected chi connectivity index (χ4v) is 1.17. The normalized spacial score (nSPS) is 31.8. The van der Waals surface area contributed by atoms with Crippen molar-refractivity contribution >= 4 is 12.4 Å². The van der Waals surface area contributed by atoms with Crippen LogP contribution in [-0.4, -0.2) is 38.0 Å². The first-order valence-corrected chi connectivity index (χ1v) is 3.23. The van der Waals surface area contributed by atoms with E-state index in [4.69, 9.17) is 9.84 Å². The predicted octanol–water partition coefficient (Wildman–Crippen LogP) is -0.365. The molecule has 0 aliphatic carbocycles. The molecule has 0 amide bonds. The number of hydrogen-bond acceptors (Lipinski definition) is 3. The first kappa shape index (κ1) is 10.2. The van der Waals surface area contributed by atoms with Gasteiger partial charge in [0.1, 0.15) is 0 Å². The van der Waals surface area contributed by atoms with E-state index in [0.717, 1.165) is 13.1 Å². The third-order valence-corrected chi connectivity index (χ3v) is 1.82. The highest BCUT2D eigenvalue weighted by molar-refractivity contribution is 5.85. The number of hydrogen-bond donors (Lipinski definition) is 2. The van der Waals surface area contributed by atoms with Gasteiger partial charge in [0.25, 0.3) is 0 Å². The summed E-state index contributed by atoms with van der Waals surface area (Å²) >= 11 is 0. The second kappa shape index (κ2) is 4.91. The molecule has 1 aliphatic rings. The van der Waals surface area contributed by atoms with Crippen molar-refractivity contribution in [2.75, 3.05) is 26.8 Å². The van der Waals surface area contributed by atoms with Crippen molar-refractivity contribution in [1.82, 2.24) is 5.32 Å². The number of aliphatic hydroxyl groups excluding tert-OH is 1. The predicted molar refractivity (Wildman–Crippen MR) is 41.5 cm³/mol. The molecule has 0 radical (unpaired) electrons. The monoisotopic (exact) mass is 167 g/mol. The fourth-order valence-electron chi connectivity index (χ4n) is 1.17. The summed E-state index contributed by atoms with van der Waals surface area (Å²) < 4.78 is 5.09. The Morgan fingerprint density at radius 3 is 2.70 bits per heavy atom. The highest BCUT2D eigenvalue weighted by atomic mass is 35.5. The van der Waals surface area contributed by atoms with Gasteiger partial charge in [0.05, 0.1) is 6.10 Å². The SMILES string of the molecule is CO[C@H]1CNC[C@@H]1CO.Cl. The Bertz CT molecular complexity index is 81.8. The Hall–Kier alpha value is 0.170. The van der Waals surface area contributed by atoms with Crippen LogP contribution in [0.5, 0.6) is 0 Å². The van der Waals surface area contributed by atoms with Crippen LogP contribution in [0.4, 0.5) is 0 Å². The molecule has 1 saturated heterocycles. The van der Waals surface area contributed by atoms with Crippen LogP contribution in [-0.2, 0) is 4.74 Å². The topological polar surface area (TPSA) is 41.5 Å². The lowest BCUT2D eigenvalue weighted by Gasteiger charge is -2.12. The van der Waals surface area contributed by atoms with Gasteiger partial charge in [0.2, 0.25) is 0 Å². The molecular formula is C6H14ClNO2. The van der Waals surface area contributed by atoms with Crippen LogP contribution in [0.3, 0.4) is 0 Å². The van der Waals surface area contributed by atoms with Gasteiger partial charge in [-0.05, 0) is 0 Å². The standard InChI is InChI=1S/C6H13NO2.ClH/c1-9-6-3-7-2-5(6)4-8;/h5-8H,2-4H2,1H3;1H/t5-,6+;/m1./s1. The van der Waals surface area contributed by atoms with E-state index in [1.54, 1.807) is 7.11 Å². The number of ether oxygens (including phenoxy) is 1. The molecule has 0 aromatic heterocycles. The first-order chi connectivity index (χ1) is 4.38. The molecule has 1 fully saturated rings. The molecular weight excluding hydrogens is 154 g/mol. The molecule has 1 rings (SSSR count). The van der Waals surface area contributed by atoms with Crippen molar-refractivity contribution < 1.29 is 9.84 Å². The quantitative estimate of drug-likeness (QED) is 0.590. The van der Waals surface area contributed by atoms with E-state index in [0.29, 0.717) is 5.92 Å². The van der Waals surface area contributed by atoms with Gasteiger partial charge in [-0.25, -0.2) is 0 Å². The molecule has 3 nitrogen and oxygen atoms in total. The second-order valence-corrected chi connectivity index (χ2v) is 2.38.